The Morgan fingerprint density at radius 2 is 2.11 bits per heavy atom. The molecule has 0 rings (SSSR count). The zero-order valence-electron chi connectivity index (χ0n) is 5.32. The van der Waals surface area contributed by atoms with Gasteiger partial charge >= 0.3 is 0 Å². The van der Waals surface area contributed by atoms with E-state index in [4.69, 9.17) is 23.2 Å². The van der Waals surface area contributed by atoms with Crippen molar-refractivity contribution in [2.75, 3.05) is 0 Å². The molecule has 0 aliphatic rings. The Labute approximate surface area is 64.6 Å². The molecule has 1 unspecified atom stereocenters. The average Bonchev–Trinajstić information content (AvgIpc) is 1.65. The van der Waals surface area contributed by atoms with Crippen molar-refractivity contribution in [3.8, 4) is 0 Å². The van der Waals surface area contributed by atoms with Gasteiger partial charge in [-0.05, 0) is 25.4 Å². The molecular formula is C6H8Cl2O. The Hall–Kier alpha value is -0.0100. The predicted molar refractivity (Wildman–Crippen MR) is 39.9 cm³/mol. The maximum atomic E-state index is 10.4. The summed E-state index contributed by atoms with van der Waals surface area (Å²) in [5.41, 5.74) is 0. The van der Waals surface area contributed by atoms with E-state index in [-0.39, 0.29) is 0 Å². The molecule has 52 valence electrons. The van der Waals surface area contributed by atoms with Crippen molar-refractivity contribution in [3.63, 3.8) is 0 Å². The third-order valence-electron chi connectivity index (χ3n) is 0.864. The number of hydrogen-bond donors (Lipinski definition) is 0. The quantitative estimate of drug-likeness (QED) is 0.350. The first kappa shape index (κ1) is 8.99. The lowest BCUT2D eigenvalue weighted by molar-refractivity contribution is -0.112. The first-order chi connectivity index (χ1) is 4.00. The molecular weight excluding hydrogens is 159 g/mol. The summed E-state index contributed by atoms with van der Waals surface area (Å²) in [5.74, 6) is 0. The van der Waals surface area contributed by atoms with Crippen LogP contribution in [0.1, 0.15) is 13.8 Å². The summed E-state index contributed by atoms with van der Waals surface area (Å²) >= 11 is 10.7. The Balaban J connectivity index is 4.19. The van der Waals surface area contributed by atoms with E-state index in [9.17, 15) is 4.79 Å². The molecule has 0 heterocycles. The summed E-state index contributed by atoms with van der Waals surface area (Å²) in [6.45, 7) is 3.32. The van der Waals surface area contributed by atoms with Gasteiger partial charge in [0.1, 0.15) is 4.87 Å². The van der Waals surface area contributed by atoms with Gasteiger partial charge in [-0.25, -0.2) is 0 Å². The van der Waals surface area contributed by atoms with Gasteiger partial charge in [0.2, 0.25) is 5.24 Å². The van der Waals surface area contributed by atoms with Gasteiger partial charge in [0.25, 0.3) is 0 Å². The standard InChI is InChI=1S/C6H8Cl2O/c1-3-4-6(2,8)5(7)9/h3-4H,1-2H3/b4-3-. The summed E-state index contributed by atoms with van der Waals surface area (Å²) in [5, 5.41) is -0.553. The molecule has 3 heteroatoms. The van der Waals surface area contributed by atoms with Gasteiger partial charge in [0.05, 0.1) is 0 Å². The molecule has 0 bridgehead atoms. The third kappa shape index (κ3) is 2.87. The van der Waals surface area contributed by atoms with E-state index in [1.54, 1.807) is 26.0 Å². The van der Waals surface area contributed by atoms with Crippen LogP contribution in [0.4, 0.5) is 0 Å². The van der Waals surface area contributed by atoms with Gasteiger partial charge in [-0.1, -0.05) is 12.2 Å². The second kappa shape index (κ2) is 3.23. The second-order valence-electron chi connectivity index (χ2n) is 1.85. The summed E-state index contributed by atoms with van der Waals surface area (Å²) in [6, 6.07) is 0. The molecule has 0 fully saturated rings. The van der Waals surface area contributed by atoms with E-state index in [0.717, 1.165) is 0 Å². The molecule has 0 spiro atoms. The van der Waals surface area contributed by atoms with Crippen LogP contribution in [0.5, 0.6) is 0 Å². The van der Waals surface area contributed by atoms with Crippen LogP contribution < -0.4 is 0 Å². The number of hydrogen-bond acceptors (Lipinski definition) is 1. The minimum absolute atomic E-state index is 0.553. The van der Waals surface area contributed by atoms with E-state index in [1.807, 2.05) is 0 Å². The van der Waals surface area contributed by atoms with Gasteiger partial charge in [0, 0.05) is 0 Å². The monoisotopic (exact) mass is 166 g/mol. The van der Waals surface area contributed by atoms with Crippen LogP contribution in [0.3, 0.4) is 0 Å². The number of carbonyl (C=O) groups excluding carboxylic acids is 1. The van der Waals surface area contributed by atoms with E-state index in [1.165, 1.54) is 0 Å². The number of rotatable bonds is 2. The summed E-state index contributed by atoms with van der Waals surface area (Å²) in [6.07, 6.45) is 3.23. The minimum Gasteiger partial charge on any atom is -0.279 e. The van der Waals surface area contributed by atoms with E-state index < -0.39 is 10.1 Å². The molecule has 0 N–H and O–H groups in total. The summed E-state index contributed by atoms with van der Waals surface area (Å²) in [4.78, 5) is 9.41. The average molecular weight is 167 g/mol. The van der Waals surface area contributed by atoms with Crippen LogP contribution >= 0.6 is 23.2 Å². The normalized spacial score (nSPS) is 17.8. The number of carbonyl (C=O) groups is 1. The highest BCUT2D eigenvalue weighted by atomic mass is 35.5. The Morgan fingerprint density at radius 3 is 2.22 bits per heavy atom. The number of halogens is 2. The third-order valence-corrected chi connectivity index (χ3v) is 1.65. The van der Waals surface area contributed by atoms with E-state index in [2.05, 4.69) is 0 Å². The molecule has 9 heavy (non-hydrogen) atoms. The molecule has 0 aliphatic heterocycles. The van der Waals surface area contributed by atoms with E-state index in [0.29, 0.717) is 0 Å². The first-order valence-electron chi connectivity index (χ1n) is 2.53. The Kier molecular flexibility index (Phi) is 3.23. The molecule has 0 aromatic carbocycles. The van der Waals surface area contributed by atoms with Crippen molar-refractivity contribution in [1.29, 1.82) is 0 Å². The maximum absolute atomic E-state index is 10.4. The van der Waals surface area contributed by atoms with Crippen LogP contribution in [0.2, 0.25) is 0 Å². The minimum atomic E-state index is -1.03. The molecule has 1 atom stereocenters. The van der Waals surface area contributed by atoms with Crippen molar-refractivity contribution in [1.82, 2.24) is 0 Å². The van der Waals surface area contributed by atoms with Gasteiger partial charge in [-0.2, -0.15) is 0 Å². The fourth-order valence-electron chi connectivity index (χ4n) is 0.379. The molecule has 0 aromatic rings. The largest absolute Gasteiger partial charge is 0.279 e. The molecule has 0 radical (unpaired) electrons. The fraction of sp³-hybridized carbons (Fsp3) is 0.500. The highest BCUT2D eigenvalue weighted by molar-refractivity contribution is 6.71. The lowest BCUT2D eigenvalue weighted by Crippen LogP contribution is -2.20. The first-order valence-corrected chi connectivity index (χ1v) is 3.29. The summed E-state index contributed by atoms with van der Waals surface area (Å²) in [7, 11) is 0. The lowest BCUT2D eigenvalue weighted by atomic mass is 10.2. The SMILES string of the molecule is C/C=C\C(C)(Cl)C(=O)Cl. The van der Waals surface area contributed by atoms with Crippen LogP contribution in [0.25, 0.3) is 0 Å². The van der Waals surface area contributed by atoms with Crippen molar-refractivity contribution >= 4 is 28.4 Å². The van der Waals surface area contributed by atoms with Gasteiger partial charge in [-0.15, -0.1) is 11.6 Å². The van der Waals surface area contributed by atoms with Crippen LogP contribution in [-0.2, 0) is 4.79 Å². The summed E-state index contributed by atoms with van der Waals surface area (Å²) < 4.78 is 0. The van der Waals surface area contributed by atoms with E-state index >= 15 is 0 Å². The van der Waals surface area contributed by atoms with Gasteiger partial charge < -0.3 is 0 Å². The Morgan fingerprint density at radius 1 is 1.67 bits per heavy atom. The van der Waals surface area contributed by atoms with Crippen molar-refractivity contribution < 1.29 is 4.79 Å². The number of allylic oxidation sites excluding steroid dienone is 2. The zero-order valence-corrected chi connectivity index (χ0v) is 6.83. The highest BCUT2D eigenvalue weighted by Gasteiger charge is 2.24. The molecule has 0 aliphatic carbocycles. The van der Waals surface area contributed by atoms with Crippen LogP contribution in [-0.4, -0.2) is 10.1 Å². The molecule has 0 saturated carbocycles. The number of alkyl halides is 1. The van der Waals surface area contributed by atoms with Crippen LogP contribution in [0, 0.1) is 0 Å². The van der Waals surface area contributed by atoms with Gasteiger partial charge in [0.15, 0.2) is 0 Å². The zero-order chi connectivity index (χ0) is 7.49. The smallest absolute Gasteiger partial charge is 0.246 e. The Bertz CT molecular complexity index is 138. The molecule has 0 saturated heterocycles. The second-order valence-corrected chi connectivity index (χ2v) is 2.98. The fourth-order valence-corrected chi connectivity index (χ4v) is 0.567. The molecule has 1 nitrogen and oxygen atoms in total. The van der Waals surface area contributed by atoms with Crippen molar-refractivity contribution in [2.45, 2.75) is 18.7 Å². The topological polar surface area (TPSA) is 17.1 Å². The van der Waals surface area contributed by atoms with Crippen LogP contribution in [0.15, 0.2) is 12.2 Å². The molecule has 0 amide bonds. The highest BCUT2D eigenvalue weighted by Crippen LogP contribution is 2.18. The maximum Gasteiger partial charge on any atom is 0.246 e. The predicted octanol–water partition coefficient (Wildman–Crippen LogP) is 2.33. The van der Waals surface area contributed by atoms with Crippen molar-refractivity contribution in [3.05, 3.63) is 12.2 Å². The van der Waals surface area contributed by atoms with Crippen molar-refractivity contribution in [2.24, 2.45) is 0 Å². The molecule has 0 aromatic heterocycles. The van der Waals surface area contributed by atoms with Gasteiger partial charge in [-0.3, -0.25) is 4.79 Å². The lowest BCUT2D eigenvalue weighted by Gasteiger charge is -2.09.